The van der Waals surface area contributed by atoms with Crippen molar-refractivity contribution in [3.8, 4) is 5.69 Å². The second-order valence-corrected chi connectivity index (χ2v) is 7.33. The molecule has 0 amide bonds. The molecule has 8 nitrogen and oxygen atoms in total. The van der Waals surface area contributed by atoms with Crippen LogP contribution in [0, 0.1) is 30.9 Å². The number of benzene rings is 2. The molecule has 0 aliphatic carbocycles. The molecule has 0 unspecified atom stereocenters. The Morgan fingerprint density at radius 3 is 2.47 bits per heavy atom. The lowest BCUT2D eigenvalue weighted by Crippen LogP contribution is -2.25. The predicted molar refractivity (Wildman–Crippen MR) is 116 cm³/mol. The molecular formula is C22H26N6O2. The van der Waals surface area contributed by atoms with E-state index in [9.17, 15) is 10.1 Å². The van der Waals surface area contributed by atoms with Gasteiger partial charge in [0.1, 0.15) is 0 Å². The van der Waals surface area contributed by atoms with E-state index in [1.807, 2.05) is 17.0 Å². The molecule has 8 heteroatoms. The van der Waals surface area contributed by atoms with Crippen LogP contribution >= 0.6 is 0 Å². The summed E-state index contributed by atoms with van der Waals surface area (Å²) in [5.74, 6) is 0. The summed E-state index contributed by atoms with van der Waals surface area (Å²) in [6.07, 6.45) is 6.07. The summed E-state index contributed by atoms with van der Waals surface area (Å²) in [6.45, 7) is 9.21. The maximum Gasteiger partial charge on any atom is 0.271 e. The van der Waals surface area contributed by atoms with Crippen LogP contribution < -0.4 is 5.62 Å². The molecule has 1 aromatic heterocycles. The largest absolute Gasteiger partial charge is 0.315 e. The second kappa shape index (κ2) is 9.30. The molecule has 0 saturated heterocycles. The zero-order valence-electron chi connectivity index (χ0n) is 17.7. The van der Waals surface area contributed by atoms with Crippen molar-refractivity contribution in [2.45, 2.75) is 47.1 Å². The van der Waals surface area contributed by atoms with Crippen LogP contribution in [0.5, 0.6) is 0 Å². The van der Waals surface area contributed by atoms with E-state index in [1.54, 1.807) is 12.1 Å². The lowest BCUT2D eigenvalue weighted by molar-refractivity contribution is -0.384. The fourth-order valence-corrected chi connectivity index (χ4v) is 3.54. The number of hydrogen-bond acceptors (Lipinski definition) is 4. The highest BCUT2D eigenvalue weighted by Crippen LogP contribution is 2.21. The summed E-state index contributed by atoms with van der Waals surface area (Å²) >= 11 is 0. The molecule has 0 atom stereocenters. The first kappa shape index (κ1) is 21.2. The van der Waals surface area contributed by atoms with Crippen molar-refractivity contribution in [1.29, 1.82) is 0 Å². The number of imidazole rings is 1. The maximum absolute atomic E-state index is 11.0. The van der Waals surface area contributed by atoms with Gasteiger partial charge in [0.15, 0.2) is 0 Å². The average molecular weight is 406 g/mol. The van der Waals surface area contributed by atoms with Crippen LogP contribution in [0.3, 0.4) is 0 Å². The van der Waals surface area contributed by atoms with Crippen molar-refractivity contribution in [1.82, 2.24) is 9.13 Å². The van der Waals surface area contributed by atoms with Gasteiger partial charge in [-0.1, -0.05) is 42.2 Å². The highest BCUT2D eigenvalue weighted by molar-refractivity contribution is 5.49. The first-order chi connectivity index (χ1) is 14.4. The molecule has 0 aliphatic rings. The number of aryl methyl sites for hydroxylation is 4. The Kier molecular flexibility index (Phi) is 6.56. The first-order valence-corrected chi connectivity index (χ1v) is 9.96. The molecule has 3 aromatic rings. The Labute approximate surface area is 175 Å². The zero-order valence-corrected chi connectivity index (χ0v) is 17.7. The summed E-state index contributed by atoms with van der Waals surface area (Å²) in [4.78, 5) is 10.5. The topological polar surface area (TPSA) is 90.1 Å². The third kappa shape index (κ3) is 4.71. The van der Waals surface area contributed by atoms with Crippen LogP contribution in [0.4, 0.5) is 11.4 Å². The summed E-state index contributed by atoms with van der Waals surface area (Å²) in [5, 5.41) is 23.4. The molecule has 30 heavy (non-hydrogen) atoms. The van der Waals surface area contributed by atoms with Gasteiger partial charge in [-0.25, -0.2) is 0 Å². The molecule has 1 heterocycles. The number of nitro groups is 1. The quantitative estimate of drug-likeness (QED) is 0.294. The van der Waals surface area contributed by atoms with Crippen LogP contribution in [-0.2, 0) is 6.54 Å². The smallest absolute Gasteiger partial charge is 0.271 e. The minimum atomic E-state index is -0.455. The van der Waals surface area contributed by atoms with Gasteiger partial charge in [-0.2, -0.15) is 0 Å². The van der Waals surface area contributed by atoms with Crippen LogP contribution in [0.25, 0.3) is 5.69 Å². The van der Waals surface area contributed by atoms with Gasteiger partial charge < -0.3 is 4.57 Å². The van der Waals surface area contributed by atoms with E-state index in [0.29, 0.717) is 11.3 Å². The van der Waals surface area contributed by atoms with E-state index in [2.05, 4.69) is 59.8 Å². The molecule has 0 spiro atoms. The highest BCUT2D eigenvalue weighted by atomic mass is 16.6. The molecule has 3 rings (SSSR count). The molecule has 0 N–H and O–H groups in total. The van der Waals surface area contributed by atoms with Gasteiger partial charge in [0.05, 0.1) is 16.3 Å². The van der Waals surface area contributed by atoms with Gasteiger partial charge in [-0.15, -0.1) is 5.11 Å². The van der Waals surface area contributed by atoms with E-state index in [4.69, 9.17) is 0 Å². The number of nitro benzene ring substituents is 1. The van der Waals surface area contributed by atoms with Gasteiger partial charge in [-0.05, 0) is 49.6 Å². The summed E-state index contributed by atoms with van der Waals surface area (Å²) in [7, 11) is 0. The summed E-state index contributed by atoms with van der Waals surface area (Å²) in [6, 6.07) is 10.3. The minimum Gasteiger partial charge on any atom is -0.315 e. The third-order valence-corrected chi connectivity index (χ3v) is 4.83. The Morgan fingerprint density at radius 2 is 1.80 bits per heavy atom. The van der Waals surface area contributed by atoms with Crippen molar-refractivity contribution in [3.63, 3.8) is 0 Å². The van der Waals surface area contributed by atoms with Crippen LogP contribution in [0.15, 0.2) is 64.2 Å². The number of rotatable bonds is 7. The minimum absolute atomic E-state index is 0.0289. The van der Waals surface area contributed by atoms with Crippen molar-refractivity contribution in [3.05, 3.63) is 81.2 Å². The predicted octanol–water partition coefficient (Wildman–Crippen LogP) is 5.51. The van der Waals surface area contributed by atoms with E-state index in [1.165, 1.54) is 17.7 Å². The van der Waals surface area contributed by atoms with Gasteiger partial charge in [0.25, 0.3) is 5.69 Å². The Hall–Kier alpha value is -3.55. The molecule has 156 valence electrons. The SMILES string of the molecule is CCCCn1ccn(-c2c(C)cc(C)cc2C)/c1=N\N=Nc1cccc([N+](=O)[O-])c1. The van der Waals surface area contributed by atoms with Gasteiger partial charge in [-0.3, -0.25) is 14.7 Å². The lowest BCUT2D eigenvalue weighted by Gasteiger charge is -2.12. The van der Waals surface area contributed by atoms with Crippen molar-refractivity contribution in [2.24, 2.45) is 15.4 Å². The van der Waals surface area contributed by atoms with E-state index >= 15 is 0 Å². The van der Waals surface area contributed by atoms with Crippen LogP contribution in [0.1, 0.15) is 36.5 Å². The monoisotopic (exact) mass is 406 g/mol. The summed E-state index contributed by atoms with van der Waals surface area (Å²) in [5.41, 5.74) is 5.60. The highest BCUT2D eigenvalue weighted by Gasteiger charge is 2.10. The zero-order chi connectivity index (χ0) is 21.7. The number of non-ortho nitro benzene ring substituents is 1. The standard InChI is InChI=1S/C22H26N6O2/c1-5-6-10-26-11-12-27(21-17(3)13-16(2)14-18(21)4)22(26)24-25-23-19-8-7-9-20(15-19)28(29)30/h7-9,11-15H,5-6,10H2,1-4H3/b24-22-,25-23?. The van der Waals surface area contributed by atoms with Crippen molar-refractivity contribution >= 4 is 11.4 Å². The molecular weight excluding hydrogens is 380 g/mol. The number of nitrogens with zero attached hydrogens (tertiary/aromatic N) is 6. The average Bonchev–Trinajstić information content (AvgIpc) is 3.08. The third-order valence-electron chi connectivity index (χ3n) is 4.83. The maximum atomic E-state index is 11.0. The number of unbranched alkanes of at least 4 members (excludes halogenated alkanes) is 1. The molecule has 0 fully saturated rings. The lowest BCUT2D eigenvalue weighted by atomic mass is 10.1. The normalized spacial score (nSPS) is 12.1. The van der Waals surface area contributed by atoms with Crippen molar-refractivity contribution in [2.75, 3.05) is 0 Å². The van der Waals surface area contributed by atoms with Crippen molar-refractivity contribution < 1.29 is 4.92 Å². The van der Waals surface area contributed by atoms with Gasteiger partial charge >= 0.3 is 0 Å². The van der Waals surface area contributed by atoms with Crippen LogP contribution in [0.2, 0.25) is 0 Å². The number of aromatic nitrogens is 2. The Balaban J connectivity index is 2.07. The summed E-state index contributed by atoms with van der Waals surface area (Å²) < 4.78 is 4.07. The van der Waals surface area contributed by atoms with Gasteiger partial charge in [0.2, 0.25) is 5.62 Å². The van der Waals surface area contributed by atoms with Gasteiger partial charge in [0, 0.05) is 31.1 Å². The molecule has 0 aliphatic heterocycles. The fourth-order valence-electron chi connectivity index (χ4n) is 3.54. The Bertz CT molecular complexity index is 1130. The van der Waals surface area contributed by atoms with E-state index in [0.717, 1.165) is 36.2 Å². The van der Waals surface area contributed by atoms with Crippen LogP contribution in [-0.4, -0.2) is 14.1 Å². The second-order valence-electron chi connectivity index (χ2n) is 7.33. The number of hydrogen-bond donors (Lipinski definition) is 0. The molecule has 2 aromatic carbocycles. The molecule has 0 saturated carbocycles. The van der Waals surface area contributed by atoms with E-state index < -0.39 is 4.92 Å². The Morgan fingerprint density at radius 1 is 1.07 bits per heavy atom. The van der Waals surface area contributed by atoms with E-state index in [-0.39, 0.29) is 5.69 Å². The molecule has 0 bridgehead atoms. The fraction of sp³-hybridized carbons (Fsp3) is 0.318. The first-order valence-electron chi connectivity index (χ1n) is 9.96. The molecule has 0 radical (unpaired) electrons.